The van der Waals surface area contributed by atoms with Crippen LogP contribution in [0.2, 0.25) is 0 Å². The lowest BCUT2D eigenvalue weighted by Gasteiger charge is -2.26. The molecule has 1 aliphatic rings. The van der Waals surface area contributed by atoms with Gasteiger partial charge in [0, 0.05) is 12.7 Å². The summed E-state index contributed by atoms with van der Waals surface area (Å²) in [5.74, 6) is 1.36. The van der Waals surface area contributed by atoms with Crippen LogP contribution in [0, 0.1) is 0 Å². The number of hydrogen-bond acceptors (Lipinski definition) is 4. The zero-order valence-corrected chi connectivity index (χ0v) is 13.0. The summed E-state index contributed by atoms with van der Waals surface area (Å²) in [6, 6.07) is 16.9. The third kappa shape index (κ3) is 2.74. The molecule has 6 nitrogen and oxygen atoms in total. The number of amides is 1. The summed E-state index contributed by atoms with van der Waals surface area (Å²) >= 11 is 0. The normalized spacial score (nSPS) is 13.7. The maximum Gasteiger partial charge on any atom is 0.277 e. The van der Waals surface area contributed by atoms with E-state index in [4.69, 9.17) is 4.74 Å². The number of carbonyl (C=O) groups is 1. The van der Waals surface area contributed by atoms with E-state index in [9.17, 15) is 4.79 Å². The molecule has 0 fully saturated rings. The third-order valence-corrected chi connectivity index (χ3v) is 3.89. The lowest BCUT2D eigenvalue weighted by Crippen LogP contribution is -2.40. The van der Waals surface area contributed by atoms with Crippen molar-refractivity contribution in [3.63, 3.8) is 0 Å². The predicted octanol–water partition coefficient (Wildman–Crippen LogP) is 2.52. The van der Waals surface area contributed by atoms with E-state index < -0.39 is 0 Å². The zero-order valence-electron chi connectivity index (χ0n) is 13.0. The quantitative estimate of drug-likeness (QED) is 0.741. The molecule has 0 radical (unpaired) electrons. The second-order valence-electron chi connectivity index (χ2n) is 5.49. The number of hydrogen-bond donors (Lipinski definition) is 0. The Balaban J connectivity index is 1.52. The third-order valence-electron chi connectivity index (χ3n) is 3.89. The molecule has 1 aliphatic heterocycles. The Morgan fingerprint density at radius 1 is 1.04 bits per heavy atom. The van der Waals surface area contributed by atoms with Crippen LogP contribution in [-0.4, -0.2) is 27.2 Å². The van der Waals surface area contributed by atoms with Gasteiger partial charge in [0.1, 0.15) is 29.6 Å². The zero-order chi connectivity index (χ0) is 16.4. The van der Waals surface area contributed by atoms with E-state index in [1.54, 1.807) is 21.8 Å². The fraction of sp³-hybridized carbons (Fsp3) is 0.167. The summed E-state index contributed by atoms with van der Waals surface area (Å²) in [4.78, 5) is 18.6. The molecule has 4 rings (SSSR count). The van der Waals surface area contributed by atoms with Crippen molar-refractivity contribution in [1.29, 1.82) is 0 Å². The number of aromatic nitrogens is 3. The molecule has 0 unspecified atom stereocenters. The first-order chi connectivity index (χ1) is 11.8. The van der Waals surface area contributed by atoms with E-state index in [1.165, 1.54) is 0 Å². The maximum atomic E-state index is 12.7. The molecule has 0 saturated heterocycles. The van der Waals surface area contributed by atoms with Crippen molar-refractivity contribution in [2.24, 2.45) is 0 Å². The summed E-state index contributed by atoms with van der Waals surface area (Å²) < 4.78 is 7.44. The first kappa shape index (κ1) is 14.4. The second kappa shape index (κ2) is 6.16. The molecule has 0 atom stereocenters. The molecule has 0 bridgehead atoms. The number of fused-ring (bicyclic) bond motifs is 1. The first-order valence-corrected chi connectivity index (χ1v) is 7.79. The Kier molecular flexibility index (Phi) is 3.70. The number of ether oxygens (including phenoxy) is 1. The van der Waals surface area contributed by atoms with Crippen molar-refractivity contribution < 1.29 is 9.53 Å². The molecule has 120 valence electrons. The van der Waals surface area contributed by atoms with Gasteiger partial charge in [0.25, 0.3) is 5.91 Å². The van der Waals surface area contributed by atoms with Gasteiger partial charge in [-0.1, -0.05) is 24.3 Å². The van der Waals surface area contributed by atoms with Gasteiger partial charge < -0.3 is 4.74 Å². The molecule has 3 heterocycles. The van der Waals surface area contributed by atoms with Gasteiger partial charge in [-0.25, -0.2) is 4.98 Å². The summed E-state index contributed by atoms with van der Waals surface area (Å²) in [7, 11) is 0. The highest BCUT2D eigenvalue weighted by Gasteiger charge is 2.28. The molecule has 0 N–H and O–H groups in total. The minimum atomic E-state index is -0.0848. The fourth-order valence-electron chi connectivity index (χ4n) is 2.72. The van der Waals surface area contributed by atoms with Crippen LogP contribution >= 0.6 is 0 Å². The Labute approximate surface area is 139 Å². The van der Waals surface area contributed by atoms with Gasteiger partial charge in [-0.05, 0) is 30.3 Å². The fourth-order valence-corrected chi connectivity index (χ4v) is 2.72. The highest BCUT2D eigenvalue weighted by atomic mass is 16.5. The predicted molar refractivity (Wildman–Crippen MR) is 88.9 cm³/mol. The molecule has 1 aromatic carbocycles. The highest BCUT2D eigenvalue weighted by Crippen LogP contribution is 2.20. The molecular weight excluding hydrogens is 304 g/mol. The van der Waals surface area contributed by atoms with Crippen LogP contribution in [0.4, 0.5) is 5.82 Å². The Morgan fingerprint density at radius 2 is 1.88 bits per heavy atom. The van der Waals surface area contributed by atoms with Crippen LogP contribution in [0.3, 0.4) is 0 Å². The summed E-state index contributed by atoms with van der Waals surface area (Å²) in [5, 5.41) is 4.47. The molecule has 0 saturated carbocycles. The second-order valence-corrected chi connectivity index (χ2v) is 5.49. The lowest BCUT2D eigenvalue weighted by atomic mass is 10.2. The SMILES string of the molecule is O=C1c2cc(COc3ccccc3)nn2CCN1c1ccccn1. The molecule has 1 amide bonds. The van der Waals surface area contributed by atoms with Crippen molar-refractivity contribution >= 4 is 11.7 Å². The molecule has 2 aromatic heterocycles. The smallest absolute Gasteiger partial charge is 0.277 e. The van der Waals surface area contributed by atoms with Crippen LogP contribution in [0.1, 0.15) is 16.2 Å². The van der Waals surface area contributed by atoms with Crippen LogP contribution in [0.5, 0.6) is 5.75 Å². The number of rotatable bonds is 4. The average Bonchev–Trinajstić information content (AvgIpc) is 3.06. The van der Waals surface area contributed by atoms with Gasteiger partial charge in [0.05, 0.1) is 6.54 Å². The monoisotopic (exact) mass is 320 g/mol. The van der Waals surface area contributed by atoms with Crippen LogP contribution < -0.4 is 9.64 Å². The van der Waals surface area contributed by atoms with Crippen LogP contribution in [0.15, 0.2) is 60.8 Å². The van der Waals surface area contributed by atoms with E-state index in [0.717, 1.165) is 11.4 Å². The van der Waals surface area contributed by atoms with Gasteiger partial charge in [-0.3, -0.25) is 14.4 Å². The largest absolute Gasteiger partial charge is 0.487 e. The van der Waals surface area contributed by atoms with E-state index in [-0.39, 0.29) is 5.91 Å². The Morgan fingerprint density at radius 3 is 2.67 bits per heavy atom. The number of carbonyl (C=O) groups excluding carboxylic acids is 1. The topological polar surface area (TPSA) is 60.2 Å². The summed E-state index contributed by atoms with van der Waals surface area (Å²) in [6.45, 7) is 1.54. The summed E-state index contributed by atoms with van der Waals surface area (Å²) in [6.07, 6.45) is 1.69. The maximum absolute atomic E-state index is 12.7. The number of nitrogens with zero attached hydrogens (tertiary/aromatic N) is 4. The van der Waals surface area contributed by atoms with Crippen molar-refractivity contribution in [3.05, 3.63) is 72.2 Å². The minimum Gasteiger partial charge on any atom is -0.487 e. The molecular formula is C18H16N4O2. The minimum absolute atomic E-state index is 0.0848. The molecule has 6 heteroatoms. The van der Waals surface area contributed by atoms with Crippen LogP contribution in [-0.2, 0) is 13.2 Å². The standard InChI is InChI=1S/C18H16N4O2/c23-18-16-12-14(13-24-15-6-2-1-3-7-15)20-22(16)11-10-21(18)17-8-4-5-9-19-17/h1-9,12H,10-11,13H2. The number of pyridine rings is 1. The number of anilines is 1. The molecule has 0 aliphatic carbocycles. The van der Waals surface area contributed by atoms with Gasteiger partial charge in [0.2, 0.25) is 0 Å². The van der Waals surface area contributed by atoms with Crippen LogP contribution in [0.25, 0.3) is 0 Å². The van der Waals surface area contributed by atoms with Gasteiger partial charge in [-0.2, -0.15) is 5.10 Å². The Hall–Kier alpha value is -3.15. The highest BCUT2D eigenvalue weighted by molar-refractivity contribution is 6.05. The van der Waals surface area contributed by atoms with Crippen molar-refractivity contribution in [2.75, 3.05) is 11.4 Å². The molecule has 3 aromatic rings. The van der Waals surface area contributed by atoms with Crippen molar-refractivity contribution in [1.82, 2.24) is 14.8 Å². The van der Waals surface area contributed by atoms with Gasteiger partial charge >= 0.3 is 0 Å². The Bertz CT molecular complexity index is 846. The first-order valence-electron chi connectivity index (χ1n) is 7.79. The molecule has 24 heavy (non-hydrogen) atoms. The lowest BCUT2D eigenvalue weighted by molar-refractivity contribution is 0.0961. The van der Waals surface area contributed by atoms with E-state index in [0.29, 0.717) is 31.2 Å². The molecule has 0 spiro atoms. The van der Waals surface area contributed by atoms with E-state index in [2.05, 4.69) is 10.1 Å². The van der Waals surface area contributed by atoms with E-state index >= 15 is 0 Å². The van der Waals surface area contributed by atoms with E-state index in [1.807, 2.05) is 48.5 Å². The van der Waals surface area contributed by atoms with Gasteiger partial charge in [-0.15, -0.1) is 0 Å². The summed E-state index contributed by atoms with van der Waals surface area (Å²) in [5.41, 5.74) is 1.31. The van der Waals surface area contributed by atoms with Crippen molar-refractivity contribution in [3.8, 4) is 5.75 Å². The number of benzene rings is 1. The van der Waals surface area contributed by atoms with Gasteiger partial charge in [0.15, 0.2) is 0 Å². The van der Waals surface area contributed by atoms with Crippen molar-refractivity contribution in [2.45, 2.75) is 13.2 Å². The average molecular weight is 320 g/mol. The number of para-hydroxylation sites is 1.